The van der Waals surface area contributed by atoms with Crippen LogP contribution in [0.1, 0.15) is 73.6 Å². The van der Waals surface area contributed by atoms with Crippen molar-refractivity contribution in [3.8, 4) is 0 Å². The monoisotopic (exact) mass is 622 g/mol. The first-order valence-electron chi connectivity index (χ1n) is 14.2. The summed E-state index contributed by atoms with van der Waals surface area (Å²) >= 11 is 10.5. The van der Waals surface area contributed by atoms with E-state index >= 15 is 0 Å². The highest BCUT2D eigenvalue weighted by atomic mass is 32.2. The van der Waals surface area contributed by atoms with Crippen molar-refractivity contribution < 1.29 is 27.0 Å². The molecular formula is C27H50N4O4S4+2. The molecule has 2 aliphatic heterocycles. The Labute approximate surface area is 251 Å². The molecule has 4 atom stereocenters. The van der Waals surface area contributed by atoms with Crippen LogP contribution in [0.3, 0.4) is 0 Å². The number of nitrogens with zero attached hydrogens (tertiary/aromatic N) is 2. The van der Waals surface area contributed by atoms with E-state index in [1.807, 2.05) is 13.8 Å². The van der Waals surface area contributed by atoms with Crippen molar-refractivity contribution in [1.82, 2.24) is 10.6 Å². The maximum Gasteiger partial charge on any atom is 0.421 e. The standard InChI is InChI=1S/C27H48N4O4S4/c1-7-30(18-22(36)28-24(30)32)20-26(3,4)12-9-14-38(34)16-11-17-39(35)15-10-13-27(5,6)21-31(8-2)19-23(37)29-25(31)33/h7-21H2,1-6H3/p+2. The molecule has 2 saturated heterocycles. The second kappa shape index (κ2) is 14.5. The van der Waals surface area contributed by atoms with E-state index < -0.39 is 21.6 Å². The smallest absolute Gasteiger partial charge is 0.264 e. The summed E-state index contributed by atoms with van der Waals surface area (Å²) in [5, 5.41) is 5.60. The number of urea groups is 2. The van der Waals surface area contributed by atoms with Gasteiger partial charge < -0.3 is 0 Å². The Hall–Kier alpha value is -0.660. The molecule has 0 aromatic carbocycles. The van der Waals surface area contributed by atoms with Crippen LogP contribution in [0, 0.1) is 10.8 Å². The average Bonchev–Trinajstić information content (AvgIpc) is 3.25. The third-order valence-corrected chi connectivity index (χ3v) is 11.6. The maximum absolute atomic E-state index is 12.6. The van der Waals surface area contributed by atoms with E-state index in [2.05, 4.69) is 38.3 Å². The number of carbonyl (C=O) groups is 2. The largest absolute Gasteiger partial charge is 0.421 e. The second-order valence-corrected chi connectivity index (χ2v) is 17.2. The van der Waals surface area contributed by atoms with Gasteiger partial charge in [-0.25, -0.2) is 18.6 Å². The molecule has 0 aliphatic carbocycles. The van der Waals surface area contributed by atoms with E-state index in [0.29, 0.717) is 74.6 Å². The molecule has 12 heteroatoms. The molecule has 0 aromatic rings. The van der Waals surface area contributed by atoms with E-state index in [1.165, 1.54) is 0 Å². The number of carbonyl (C=O) groups excluding carboxylic acids is 2. The average molecular weight is 623 g/mol. The third-order valence-electron chi connectivity index (χ3n) is 8.11. The molecule has 0 bridgehead atoms. The Morgan fingerprint density at radius 2 is 1.03 bits per heavy atom. The molecule has 4 unspecified atom stereocenters. The predicted octanol–water partition coefficient (Wildman–Crippen LogP) is 4.26. The van der Waals surface area contributed by atoms with Gasteiger partial charge in [0.15, 0.2) is 0 Å². The lowest BCUT2D eigenvalue weighted by Crippen LogP contribution is -2.54. The van der Waals surface area contributed by atoms with Gasteiger partial charge >= 0.3 is 12.1 Å². The van der Waals surface area contributed by atoms with Crippen LogP contribution >= 0.6 is 24.4 Å². The molecule has 0 saturated carbocycles. The molecule has 2 aliphatic rings. The molecule has 2 rings (SSSR count). The normalized spacial score (nSPS) is 25.6. The first-order chi connectivity index (χ1) is 18.1. The van der Waals surface area contributed by atoms with Crippen LogP contribution in [0.25, 0.3) is 0 Å². The fraction of sp³-hybridized carbons (Fsp3) is 0.852. The fourth-order valence-electron chi connectivity index (χ4n) is 6.04. The molecule has 4 amide bonds. The van der Waals surface area contributed by atoms with Crippen molar-refractivity contribution in [1.29, 1.82) is 0 Å². The highest BCUT2D eigenvalue weighted by molar-refractivity contribution is 7.85. The Morgan fingerprint density at radius 3 is 1.31 bits per heavy atom. The first-order valence-corrected chi connectivity index (χ1v) is 18.0. The van der Waals surface area contributed by atoms with Crippen LogP contribution in [0.5, 0.6) is 0 Å². The summed E-state index contributed by atoms with van der Waals surface area (Å²) in [6.45, 7) is 16.7. The summed E-state index contributed by atoms with van der Waals surface area (Å²) in [6.07, 6.45) is 4.17. The number of hydrogen-bond acceptors (Lipinski definition) is 6. The van der Waals surface area contributed by atoms with E-state index in [-0.39, 0.29) is 22.9 Å². The quantitative estimate of drug-likeness (QED) is 0.175. The van der Waals surface area contributed by atoms with Crippen LogP contribution in [0.15, 0.2) is 0 Å². The minimum absolute atomic E-state index is 0.00868. The number of rotatable bonds is 18. The maximum atomic E-state index is 12.6. The molecule has 0 spiro atoms. The van der Waals surface area contributed by atoms with Crippen molar-refractivity contribution in [3.63, 3.8) is 0 Å². The van der Waals surface area contributed by atoms with Gasteiger partial charge in [0.05, 0.1) is 26.2 Å². The van der Waals surface area contributed by atoms with Gasteiger partial charge in [-0.1, -0.05) is 52.1 Å². The molecule has 224 valence electrons. The molecule has 0 radical (unpaired) electrons. The Balaban J connectivity index is 1.64. The van der Waals surface area contributed by atoms with Crippen LogP contribution in [0.2, 0.25) is 0 Å². The van der Waals surface area contributed by atoms with Crippen LogP contribution < -0.4 is 10.6 Å². The highest BCUT2D eigenvalue weighted by Gasteiger charge is 2.47. The number of nitrogens with one attached hydrogen (secondary N) is 2. The van der Waals surface area contributed by atoms with E-state index in [9.17, 15) is 18.0 Å². The number of quaternary nitrogens is 2. The summed E-state index contributed by atoms with van der Waals surface area (Å²) in [5.74, 6) is 2.43. The van der Waals surface area contributed by atoms with Gasteiger partial charge in [-0.3, -0.25) is 19.1 Å². The van der Waals surface area contributed by atoms with Crippen molar-refractivity contribution >= 4 is 68.1 Å². The summed E-state index contributed by atoms with van der Waals surface area (Å²) in [6, 6.07) is -0.0174. The first kappa shape index (κ1) is 34.5. The highest BCUT2D eigenvalue weighted by Crippen LogP contribution is 2.31. The minimum atomic E-state index is -0.925. The molecular weight excluding hydrogens is 573 g/mol. The van der Waals surface area contributed by atoms with E-state index in [0.717, 1.165) is 38.8 Å². The molecule has 2 fully saturated rings. The summed E-state index contributed by atoms with van der Waals surface area (Å²) in [5.41, 5.74) is -0.119. The van der Waals surface area contributed by atoms with Gasteiger partial charge in [0, 0.05) is 55.4 Å². The predicted molar refractivity (Wildman–Crippen MR) is 170 cm³/mol. The number of likely N-dealkylation sites (N-methyl/N-ethyl adjacent to an activating group) is 2. The van der Waals surface area contributed by atoms with Gasteiger partial charge in [0.2, 0.25) is 0 Å². The molecule has 0 aromatic heterocycles. The summed E-state index contributed by atoms with van der Waals surface area (Å²) in [7, 11) is -1.85. The zero-order valence-electron chi connectivity index (χ0n) is 24.8. The van der Waals surface area contributed by atoms with E-state index in [1.54, 1.807) is 0 Å². The number of hydrogen-bond donors (Lipinski definition) is 2. The van der Waals surface area contributed by atoms with Gasteiger partial charge in [-0.2, -0.15) is 0 Å². The Kier molecular flexibility index (Phi) is 12.8. The van der Waals surface area contributed by atoms with Crippen LogP contribution in [-0.2, 0) is 21.6 Å². The van der Waals surface area contributed by atoms with Crippen LogP contribution in [-0.4, -0.2) is 102 Å². The lowest BCUT2D eigenvalue weighted by atomic mass is 9.86. The van der Waals surface area contributed by atoms with Crippen molar-refractivity contribution in [2.45, 2.75) is 73.6 Å². The lowest BCUT2D eigenvalue weighted by molar-refractivity contribution is -0.841. The topological polar surface area (TPSA) is 92.3 Å². The second-order valence-electron chi connectivity index (χ2n) is 12.8. The van der Waals surface area contributed by atoms with Crippen molar-refractivity contribution in [2.75, 3.05) is 62.3 Å². The zero-order valence-corrected chi connectivity index (χ0v) is 28.0. The summed E-state index contributed by atoms with van der Waals surface area (Å²) < 4.78 is 25.8. The fourth-order valence-corrected chi connectivity index (χ4v) is 9.17. The van der Waals surface area contributed by atoms with Gasteiger partial charge in [0.1, 0.15) is 23.1 Å². The molecule has 8 nitrogen and oxygen atoms in total. The van der Waals surface area contributed by atoms with Crippen molar-refractivity contribution in [3.05, 3.63) is 0 Å². The van der Waals surface area contributed by atoms with E-state index in [4.69, 9.17) is 24.4 Å². The zero-order chi connectivity index (χ0) is 29.5. The van der Waals surface area contributed by atoms with Gasteiger partial charge in [0.25, 0.3) is 0 Å². The molecule has 2 heterocycles. The summed E-state index contributed by atoms with van der Waals surface area (Å²) in [4.78, 5) is 26.2. The lowest BCUT2D eigenvalue weighted by Gasteiger charge is -2.36. The minimum Gasteiger partial charge on any atom is -0.264 e. The van der Waals surface area contributed by atoms with Gasteiger partial charge in [-0.05, 0) is 46.0 Å². The SMILES string of the molecule is CC[N+]1(CC(C)(C)CCCS(=O)CCCS(=O)CCCC(C)(C)C[N+]2(CC)CC(=S)NC2=O)CC(=S)NC1=O. The number of amides is 4. The van der Waals surface area contributed by atoms with Crippen molar-refractivity contribution in [2.24, 2.45) is 10.8 Å². The molecule has 2 N–H and O–H groups in total. The Morgan fingerprint density at radius 1 is 0.692 bits per heavy atom. The Bertz CT molecular complexity index is 911. The third kappa shape index (κ3) is 10.3. The molecule has 39 heavy (non-hydrogen) atoms. The number of thiocarbonyl (C=S) groups is 2. The van der Waals surface area contributed by atoms with Crippen LogP contribution in [0.4, 0.5) is 9.59 Å². The van der Waals surface area contributed by atoms with Gasteiger partial charge in [-0.15, -0.1) is 0 Å².